The van der Waals surface area contributed by atoms with E-state index in [0.29, 0.717) is 11.3 Å². The van der Waals surface area contributed by atoms with Gasteiger partial charge in [0.2, 0.25) is 5.91 Å². The minimum Gasteiger partial charge on any atom is -0.381 e. The van der Waals surface area contributed by atoms with Crippen LogP contribution in [0.3, 0.4) is 0 Å². The number of carbonyl (C=O) groups excluding carboxylic acids is 1. The third-order valence-corrected chi connectivity index (χ3v) is 6.30. The smallest absolute Gasteiger partial charge is 0.238 e. The highest BCUT2D eigenvalue weighted by Crippen LogP contribution is 2.27. The largest absolute Gasteiger partial charge is 0.381 e. The normalized spacial score (nSPS) is 29.6. The van der Waals surface area contributed by atoms with Crippen molar-refractivity contribution < 1.29 is 9.53 Å². The highest BCUT2D eigenvalue weighted by atomic mass is 32.2. The second-order valence-electron chi connectivity index (χ2n) is 6.72. The minimum atomic E-state index is -0.262. The van der Waals surface area contributed by atoms with E-state index in [1.807, 2.05) is 30.0 Å². The Balaban J connectivity index is 1.44. The van der Waals surface area contributed by atoms with Crippen molar-refractivity contribution in [1.82, 2.24) is 5.32 Å². The molecule has 4 rings (SSSR count). The molecule has 0 aromatic rings. The quantitative estimate of drug-likeness (QED) is 0.851. The molecule has 2 heterocycles. The molecule has 5 nitrogen and oxygen atoms in total. The van der Waals surface area contributed by atoms with Crippen molar-refractivity contribution >= 4 is 29.2 Å². The number of thioether (sulfide) groups is 1. The molecule has 2 aliphatic heterocycles. The van der Waals surface area contributed by atoms with Crippen LogP contribution in [0.25, 0.3) is 0 Å². The SMILES string of the molecule is O=C1NC(CSC2CCOCC2)=NC2=CC(=NC3CCC3)C=CC12. The van der Waals surface area contributed by atoms with Crippen molar-refractivity contribution in [1.29, 1.82) is 0 Å². The van der Waals surface area contributed by atoms with Gasteiger partial charge >= 0.3 is 0 Å². The first-order chi connectivity index (χ1) is 11.8. The van der Waals surface area contributed by atoms with Crippen LogP contribution in [0.4, 0.5) is 0 Å². The van der Waals surface area contributed by atoms with E-state index >= 15 is 0 Å². The van der Waals surface area contributed by atoms with Crippen LogP contribution in [-0.4, -0.2) is 47.7 Å². The Bertz CT molecular complexity index is 628. The Morgan fingerprint density at radius 1 is 1.29 bits per heavy atom. The Morgan fingerprint density at radius 3 is 2.88 bits per heavy atom. The maximum Gasteiger partial charge on any atom is 0.238 e. The zero-order valence-electron chi connectivity index (χ0n) is 13.7. The molecule has 2 fully saturated rings. The van der Waals surface area contributed by atoms with Crippen molar-refractivity contribution in [2.45, 2.75) is 43.4 Å². The zero-order valence-corrected chi connectivity index (χ0v) is 14.6. The van der Waals surface area contributed by atoms with E-state index < -0.39 is 0 Å². The van der Waals surface area contributed by atoms with Crippen molar-refractivity contribution in [2.24, 2.45) is 15.9 Å². The van der Waals surface area contributed by atoms with Gasteiger partial charge in [0.05, 0.1) is 29.1 Å². The van der Waals surface area contributed by atoms with Crippen molar-refractivity contribution in [3.8, 4) is 0 Å². The van der Waals surface area contributed by atoms with Gasteiger partial charge in [-0.1, -0.05) is 6.08 Å². The van der Waals surface area contributed by atoms with Crippen LogP contribution in [0, 0.1) is 5.92 Å². The molecule has 0 aromatic heterocycles. The molecular formula is C18H23N3O2S. The van der Waals surface area contributed by atoms with E-state index in [9.17, 15) is 4.79 Å². The summed E-state index contributed by atoms with van der Waals surface area (Å²) in [4.78, 5) is 21.8. The van der Waals surface area contributed by atoms with Gasteiger partial charge in [-0.2, -0.15) is 11.8 Å². The van der Waals surface area contributed by atoms with E-state index in [1.54, 1.807) is 0 Å². The highest BCUT2D eigenvalue weighted by Gasteiger charge is 2.29. The molecule has 2 aliphatic carbocycles. The first kappa shape index (κ1) is 16.1. The van der Waals surface area contributed by atoms with E-state index in [4.69, 9.17) is 14.7 Å². The molecule has 0 spiro atoms. The van der Waals surface area contributed by atoms with Crippen LogP contribution in [0.15, 0.2) is 33.9 Å². The number of amides is 1. The topological polar surface area (TPSA) is 63.0 Å². The molecule has 1 unspecified atom stereocenters. The number of nitrogens with one attached hydrogen (secondary N) is 1. The second-order valence-corrected chi connectivity index (χ2v) is 8.00. The number of nitrogens with zero attached hydrogens (tertiary/aromatic N) is 2. The van der Waals surface area contributed by atoms with Crippen LogP contribution < -0.4 is 5.32 Å². The Kier molecular flexibility index (Phi) is 4.85. The number of carbonyl (C=O) groups is 1. The zero-order chi connectivity index (χ0) is 16.4. The van der Waals surface area contributed by atoms with Gasteiger partial charge < -0.3 is 10.1 Å². The monoisotopic (exact) mass is 345 g/mol. The molecule has 0 radical (unpaired) electrons. The Morgan fingerprint density at radius 2 is 2.12 bits per heavy atom. The molecule has 128 valence electrons. The third kappa shape index (κ3) is 3.64. The first-order valence-corrected chi connectivity index (χ1v) is 9.88. The van der Waals surface area contributed by atoms with Crippen molar-refractivity contribution in [3.05, 3.63) is 23.9 Å². The number of rotatable bonds is 4. The van der Waals surface area contributed by atoms with Gasteiger partial charge in [0.1, 0.15) is 5.84 Å². The van der Waals surface area contributed by atoms with Gasteiger partial charge in [-0.3, -0.25) is 9.79 Å². The Hall–Kier alpha value is -1.40. The van der Waals surface area contributed by atoms with Crippen LogP contribution in [0.5, 0.6) is 0 Å². The molecule has 24 heavy (non-hydrogen) atoms. The summed E-state index contributed by atoms with van der Waals surface area (Å²) >= 11 is 1.87. The molecule has 6 heteroatoms. The van der Waals surface area contributed by atoms with Gasteiger partial charge in [0.25, 0.3) is 0 Å². The number of amidine groups is 1. The van der Waals surface area contributed by atoms with Crippen LogP contribution >= 0.6 is 11.8 Å². The number of ether oxygens (including phenoxy) is 1. The third-order valence-electron chi connectivity index (χ3n) is 4.92. The van der Waals surface area contributed by atoms with Crippen molar-refractivity contribution in [3.63, 3.8) is 0 Å². The molecule has 1 saturated carbocycles. The standard InChI is InChI=1S/C18H23N3O2S/c22-18-15-5-4-13(19-12-2-1-3-12)10-16(15)20-17(21-18)11-24-14-6-8-23-9-7-14/h4-5,10,12,14-15H,1-3,6-9,11H2,(H,20,21,22). The molecule has 1 atom stereocenters. The predicted molar refractivity (Wildman–Crippen MR) is 97.7 cm³/mol. The van der Waals surface area contributed by atoms with Gasteiger partial charge in [-0.05, 0) is 44.3 Å². The van der Waals surface area contributed by atoms with Gasteiger partial charge in [0.15, 0.2) is 0 Å². The number of fused-ring (bicyclic) bond motifs is 1. The summed E-state index contributed by atoms with van der Waals surface area (Å²) in [6.07, 6.45) is 11.7. The van der Waals surface area contributed by atoms with Gasteiger partial charge in [-0.25, -0.2) is 4.99 Å². The molecule has 0 bridgehead atoms. The van der Waals surface area contributed by atoms with E-state index in [1.165, 1.54) is 19.3 Å². The molecule has 1 saturated heterocycles. The maximum absolute atomic E-state index is 12.3. The van der Waals surface area contributed by atoms with Crippen LogP contribution in [-0.2, 0) is 9.53 Å². The summed E-state index contributed by atoms with van der Waals surface area (Å²) in [6.45, 7) is 1.69. The lowest BCUT2D eigenvalue weighted by Crippen LogP contribution is -2.42. The molecular weight excluding hydrogens is 322 g/mol. The highest BCUT2D eigenvalue weighted by molar-refractivity contribution is 8.00. The summed E-state index contributed by atoms with van der Waals surface area (Å²) in [7, 11) is 0. The summed E-state index contributed by atoms with van der Waals surface area (Å²) in [5.41, 5.74) is 1.79. The van der Waals surface area contributed by atoms with Crippen LogP contribution in [0.1, 0.15) is 32.1 Å². The lowest BCUT2D eigenvalue weighted by atomic mass is 9.92. The molecule has 0 aromatic carbocycles. The minimum absolute atomic E-state index is 0.0257. The fraction of sp³-hybridized carbons (Fsp3) is 0.611. The van der Waals surface area contributed by atoms with Crippen LogP contribution in [0.2, 0.25) is 0 Å². The molecule has 1 N–H and O–H groups in total. The number of aliphatic imine (C=N–C) groups is 2. The van der Waals surface area contributed by atoms with E-state index in [-0.39, 0.29) is 11.8 Å². The lowest BCUT2D eigenvalue weighted by molar-refractivity contribution is -0.121. The van der Waals surface area contributed by atoms with E-state index in [2.05, 4.69) is 5.32 Å². The van der Waals surface area contributed by atoms with Crippen molar-refractivity contribution in [2.75, 3.05) is 19.0 Å². The Labute approximate surface area is 146 Å². The number of allylic oxidation sites excluding steroid dienone is 2. The first-order valence-electron chi connectivity index (χ1n) is 8.83. The van der Waals surface area contributed by atoms with E-state index in [0.717, 1.165) is 49.1 Å². The summed E-state index contributed by atoms with van der Waals surface area (Å²) in [6, 6.07) is 0.461. The summed E-state index contributed by atoms with van der Waals surface area (Å²) in [5.74, 6) is 1.29. The molecule has 4 aliphatic rings. The van der Waals surface area contributed by atoms with Gasteiger partial charge in [0, 0.05) is 18.5 Å². The second kappa shape index (κ2) is 7.23. The maximum atomic E-state index is 12.3. The lowest BCUT2D eigenvalue weighted by Gasteiger charge is -2.26. The number of hydrogen-bond donors (Lipinski definition) is 1. The average molecular weight is 345 g/mol. The van der Waals surface area contributed by atoms with Gasteiger partial charge in [-0.15, -0.1) is 0 Å². The summed E-state index contributed by atoms with van der Waals surface area (Å²) in [5, 5.41) is 3.56. The average Bonchev–Trinajstić information content (AvgIpc) is 2.57. The fourth-order valence-electron chi connectivity index (χ4n) is 3.22. The number of hydrogen-bond acceptors (Lipinski definition) is 5. The molecule has 1 amide bonds. The summed E-state index contributed by atoms with van der Waals surface area (Å²) < 4.78 is 5.39. The predicted octanol–water partition coefficient (Wildman–Crippen LogP) is 2.49. The fourth-order valence-corrected chi connectivity index (χ4v) is 4.28.